The zero-order valence-corrected chi connectivity index (χ0v) is 13.2. The standard InChI is InChI=1S/C15H28N4/c1-7-16-14-8-15(18-13(6)17-14)19(9-11(2)3)10-12(4)5/h8,11-12H,7,9-10H2,1-6H3,(H,16,17,18). The van der Waals surface area contributed by atoms with Crippen LogP contribution >= 0.6 is 0 Å². The van der Waals surface area contributed by atoms with E-state index < -0.39 is 0 Å². The predicted molar refractivity (Wildman–Crippen MR) is 82.8 cm³/mol. The second-order valence-corrected chi connectivity index (χ2v) is 5.88. The van der Waals surface area contributed by atoms with Crippen molar-refractivity contribution in [1.29, 1.82) is 0 Å². The summed E-state index contributed by atoms with van der Waals surface area (Å²) < 4.78 is 0. The largest absolute Gasteiger partial charge is 0.370 e. The van der Waals surface area contributed by atoms with Gasteiger partial charge in [-0.05, 0) is 25.7 Å². The first kappa shape index (κ1) is 15.7. The number of hydrogen-bond acceptors (Lipinski definition) is 4. The second-order valence-electron chi connectivity index (χ2n) is 5.88. The molecule has 0 atom stereocenters. The van der Waals surface area contributed by atoms with Gasteiger partial charge in [0.15, 0.2) is 0 Å². The molecule has 0 radical (unpaired) electrons. The maximum absolute atomic E-state index is 4.60. The quantitative estimate of drug-likeness (QED) is 0.820. The fourth-order valence-electron chi connectivity index (χ4n) is 2.13. The summed E-state index contributed by atoms with van der Waals surface area (Å²) in [5.74, 6) is 4.02. The van der Waals surface area contributed by atoms with Crippen LogP contribution in [0.15, 0.2) is 6.07 Å². The smallest absolute Gasteiger partial charge is 0.134 e. The molecule has 4 nitrogen and oxygen atoms in total. The van der Waals surface area contributed by atoms with Gasteiger partial charge in [0.05, 0.1) is 0 Å². The number of hydrogen-bond donors (Lipinski definition) is 1. The fourth-order valence-corrected chi connectivity index (χ4v) is 2.13. The van der Waals surface area contributed by atoms with Gasteiger partial charge in [-0.2, -0.15) is 0 Å². The first-order valence-electron chi connectivity index (χ1n) is 7.26. The summed E-state index contributed by atoms with van der Waals surface area (Å²) >= 11 is 0. The lowest BCUT2D eigenvalue weighted by molar-refractivity contribution is 0.548. The van der Waals surface area contributed by atoms with E-state index in [1.165, 1.54) is 0 Å². The number of nitrogens with zero attached hydrogens (tertiary/aromatic N) is 3. The second kappa shape index (κ2) is 7.31. The lowest BCUT2D eigenvalue weighted by atomic mass is 10.1. The molecule has 0 unspecified atom stereocenters. The van der Waals surface area contributed by atoms with Crippen molar-refractivity contribution in [2.75, 3.05) is 29.9 Å². The molecule has 0 saturated carbocycles. The Hall–Kier alpha value is -1.32. The summed E-state index contributed by atoms with van der Waals surface area (Å²) in [5, 5.41) is 3.27. The third-order valence-electron chi connectivity index (χ3n) is 2.68. The van der Waals surface area contributed by atoms with Crippen molar-refractivity contribution in [3.8, 4) is 0 Å². The molecule has 19 heavy (non-hydrogen) atoms. The molecule has 4 heteroatoms. The van der Waals surface area contributed by atoms with Crippen molar-refractivity contribution in [2.45, 2.75) is 41.5 Å². The van der Waals surface area contributed by atoms with E-state index in [0.717, 1.165) is 37.1 Å². The molecule has 0 bridgehead atoms. The van der Waals surface area contributed by atoms with Crippen molar-refractivity contribution in [3.63, 3.8) is 0 Å². The van der Waals surface area contributed by atoms with Crippen LogP contribution in [0.4, 0.5) is 11.6 Å². The third-order valence-corrected chi connectivity index (χ3v) is 2.68. The highest BCUT2D eigenvalue weighted by Crippen LogP contribution is 2.18. The maximum atomic E-state index is 4.60. The first-order valence-corrected chi connectivity index (χ1v) is 7.26. The molecule has 0 aliphatic carbocycles. The van der Waals surface area contributed by atoms with E-state index in [9.17, 15) is 0 Å². The molecule has 0 aliphatic rings. The third kappa shape index (κ3) is 5.45. The molecule has 108 valence electrons. The summed E-state index contributed by atoms with van der Waals surface area (Å²) in [6.07, 6.45) is 0. The Morgan fingerprint density at radius 1 is 1.11 bits per heavy atom. The van der Waals surface area contributed by atoms with Gasteiger partial charge in [0.1, 0.15) is 17.5 Å². The number of aryl methyl sites for hydroxylation is 1. The van der Waals surface area contributed by atoms with Crippen LogP contribution in [-0.4, -0.2) is 29.6 Å². The topological polar surface area (TPSA) is 41.0 Å². The zero-order chi connectivity index (χ0) is 14.4. The van der Waals surface area contributed by atoms with E-state index in [-0.39, 0.29) is 0 Å². The summed E-state index contributed by atoms with van der Waals surface area (Å²) in [7, 11) is 0. The highest BCUT2D eigenvalue weighted by molar-refractivity contribution is 5.49. The SMILES string of the molecule is CCNc1cc(N(CC(C)C)CC(C)C)nc(C)n1. The van der Waals surface area contributed by atoms with E-state index in [2.05, 4.69) is 60.9 Å². The molecule has 0 saturated heterocycles. The average Bonchev–Trinajstić information content (AvgIpc) is 2.26. The predicted octanol–water partition coefficient (Wildman–Crippen LogP) is 3.34. The molecule has 0 fully saturated rings. The van der Waals surface area contributed by atoms with Gasteiger partial charge in [-0.25, -0.2) is 9.97 Å². The van der Waals surface area contributed by atoms with Crippen molar-refractivity contribution in [1.82, 2.24) is 9.97 Å². The van der Waals surface area contributed by atoms with Crippen LogP contribution in [0.2, 0.25) is 0 Å². The van der Waals surface area contributed by atoms with Gasteiger partial charge in [-0.1, -0.05) is 27.7 Å². The van der Waals surface area contributed by atoms with Crippen LogP contribution in [0.1, 0.15) is 40.4 Å². The van der Waals surface area contributed by atoms with Gasteiger partial charge in [-0.3, -0.25) is 0 Å². The van der Waals surface area contributed by atoms with Gasteiger partial charge in [0.2, 0.25) is 0 Å². The normalized spacial score (nSPS) is 11.2. The van der Waals surface area contributed by atoms with E-state index >= 15 is 0 Å². The van der Waals surface area contributed by atoms with Gasteiger partial charge in [0.25, 0.3) is 0 Å². The Balaban J connectivity index is 2.99. The molecule has 0 spiro atoms. The Bertz CT molecular complexity index is 378. The van der Waals surface area contributed by atoms with Gasteiger partial charge in [-0.15, -0.1) is 0 Å². The van der Waals surface area contributed by atoms with Crippen LogP contribution < -0.4 is 10.2 Å². The molecule has 1 N–H and O–H groups in total. The fraction of sp³-hybridized carbons (Fsp3) is 0.733. The monoisotopic (exact) mass is 264 g/mol. The lowest BCUT2D eigenvalue weighted by Gasteiger charge is -2.28. The maximum Gasteiger partial charge on any atom is 0.134 e. The Morgan fingerprint density at radius 2 is 1.68 bits per heavy atom. The molecule has 1 aromatic heterocycles. The van der Waals surface area contributed by atoms with Crippen LogP contribution in [-0.2, 0) is 0 Å². The van der Waals surface area contributed by atoms with Crippen LogP contribution in [0.25, 0.3) is 0 Å². The summed E-state index contributed by atoms with van der Waals surface area (Å²) in [6, 6.07) is 2.06. The molecule has 1 aromatic rings. The van der Waals surface area contributed by atoms with Gasteiger partial charge in [0, 0.05) is 25.7 Å². The molecule has 0 amide bonds. The molecule has 0 aromatic carbocycles. The Kier molecular flexibility index (Phi) is 6.06. The van der Waals surface area contributed by atoms with Crippen LogP contribution in [0.3, 0.4) is 0 Å². The molecule has 1 rings (SSSR count). The number of nitrogens with one attached hydrogen (secondary N) is 1. The highest BCUT2D eigenvalue weighted by Gasteiger charge is 2.13. The van der Waals surface area contributed by atoms with E-state index in [4.69, 9.17) is 0 Å². The molecule has 0 aliphatic heterocycles. The van der Waals surface area contributed by atoms with Crippen molar-refractivity contribution in [3.05, 3.63) is 11.9 Å². The summed E-state index contributed by atoms with van der Waals surface area (Å²) in [5.41, 5.74) is 0. The number of anilines is 2. The van der Waals surface area contributed by atoms with E-state index in [1.54, 1.807) is 0 Å². The van der Waals surface area contributed by atoms with Crippen LogP contribution in [0.5, 0.6) is 0 Å². The van der Waals surface area contributed by atoms with Gasteiger partial charge >= 0.3 is 0 Å². The minimum absolute atomic E-state index is 0.622. The van der Waals surface area contributed by atoms with Crippen molar-refractivity contribution >= 4 is 11.6 Å². The van der Waals surface area contributed by atoms with Crippen LogP contribution in [0, 0.1) is 18.8 Å². The summed E-state index contributed by atoms with van der Waals surface area (Å²) in [6.45, 7) is 15.9. The Morgan fingerprint density at radius 3 is 2.16 bits per heavy atom. The highest BCUT2D eigenvalue weighted by atomic mass is 15.2. The van der Waals surface area contributed by atoms with Crippen molar-refractivity contribution in [2.24, 2.45) is 11.8 Å². The molecular weight excluding hydrogens is 236 g/mol. The summed E-state index contributed by atoms with van der Waals surface area (Å²) in [4.78, 5) is 11.4. The first-order chi connectivity index (χ1) is 8.92. The average molecular weight is 264 g/mol. The Labute approximate surface area is 117 Å². The minimum Gasteiger partial charge on any atom is -0.370 e. The van der Waals surface area contributed by atoms with Gasteiger partial charge < -0.3 is 10.2 Å². The minimum atomic E-state index is 0.622. The molecule has 1 heterocycles. The van der Waals surface area contributed by atoms with E-state index in [0.29, 0.717) is 11.8 Å². The van der Waals surface area contributed by atoms with Crippen molar-refractivity contribution < 1.29 is 0 Å². The molecular formula is C15H28N4. The lowest BCUT2D eigenvalue weighted by Crippen LogP contribution is -2.32. The van der Waals surface area contributed by atoms with E-state index in [1.807, 2.05) is 6.92 Å². The number of rotatable bonds is 7. The number of aromatic nitrogens is 2. The zero-order valence-electron chi connectivity index (χ0n) is 13.2.